The molecule has 1 aliphatic heterocycles. The molecular formula is C15H20N2O8. The number of benzene rings is 1. The number of amides is 2. The van der Waals surface area contributed by atoms with E-state index in [4.69, 9.17) is 9.84 Å². The molecule has 0 aliphatic carbocycles. The van der Waals surface area contributed by atoms with Crippen molar-refractivity contribution in [3.05, 3.63) is 29.8 Å². The van der Waals surface area contributed by atoms with E-state index in [9.17, 15) is 30.0 Å². The molecule has 0 spiro atoms. The number of carbonyl (C=O) groups excluding carboxylic acids is 1. The lowest BCUT2D eigenvalue weighted by Crippen LogP contribution is -2.62. The van der Waals surface area contributed by atoms with Gasteiger partial charge in [-0.3, -0.25) is 4.79 Å². The fraction of sp³-hybridized carbons (Fsp3) is 0.467. The van der Waals surface area contributed by atoms with Crippen LogP contribution in [0.15, 0.2) is 24.3 Å². The van der Waals surface area contributed by atoms with Crippen LogP contribution in [0.4, 0.5) is 10.5 Å². The van der Waals surface area contributed by atoms with Crippen LogP contribution in [-0.4, -0.2) is 67.9 Å². The van der Waals surface area contributed by atoms with E-state index in [2.05, 4.69) is 5.32 Å². The van der Waals surface area contributed by atoms with Gasteiger partial charge in [0.1, 0.15) is 18.3 Å². The first-order chi connectivity index (χ1) is 11.6. The van der Waals surface area contributed by atoms with Gasteiger partial charge in [0.2, 0.25) is 0 Å². The molecule has 25 heavy (non-hydrogen) atoms. The fourth-order valence-corrected chi connectivity index (χ4v) is 2.56. The van der Waals surface area contributed by atoms with Crippen molar-refractivity contribution in [2.24, 2.45) is 0 Å². The van der Waals surface area contributed by atoms with E-state index in [0.29, 0.717) is 5.69 Å². The number of aliphatic hydroxyl groups is 4. The predicted octanol–water partition coefficient (Wildman–Crippen LogP) is -1.28. The molecule has 2 amide bonds. The molecule has 0 aromatic heterocycles. The number of aliphatic carboxylic acids is 1. The summed E-state index contributed by atoms with van der Waals surface area (Å²) in [5.74, 6) is -1.50. The number of aryl methyl sites for hydroxylation is 1. The maximum Gasteiger partial charge on any atom is 0.321 e. The first-order valence-corrected chi connectivity index (χ1v) is 7.42. The van der Waals surface area contributed by atoms with Crippen molar-refractivity contribution in [3.8, 4) is 0 Å². The average molecular weight is 356 g/mol. The van der Waals surface area contributed by atoms with E-state index < -0.39 is 48.7 Å². The molecule has 10 heteroatoms. The molecule has 5 atom stereocenters. The maximum absolute atomic E-state index is 12.2. The summed E-state index contributed by atoms with van der Waals surface area (Å²) in [5.41, 5.74) is -1.43. The van der Waals surface area contributed by atoms with Crippen LogP contribution in [0.2, 0.25) is 0 Å². The van der Waals surface area contributed by atoms with E-state index in [1.807, 2.05) is 5.32 Å². The summed E-state index contributed by atoms with van der Waals surface area (Å²) in [5, 5.41) is 52.8. The van der Waals surface area contributed by atoms with E-state index in [0.717, 1.165) is 5.56 Å². The highest BCUT2D eigenvalue weighted by Crippen LogP contribution is 2.29. The number of carboxylic acid groups (broad SMARTS) is 1. The summed E-state index contributed by atoms with van der Waals surface area (Å²) in [4.78, 5) is 23.2. The third-order valence-corrected chi connectivity index (χ3v) is 3.85. The van der Waals surface area contributed by atoms with Gasteiger partial charge in [-0.1, -0.05) is 18.2 Å². The molecule has 1 fully saturated rings. The summed E-state index contributed by atoms with van der Waals surface area (Å²) >= 11 is 0. The largest absolute Gasteiger partial charge is 0.481 e. The monoisotopic (exact) mass is 356 g/mol. The van der Waals surface area contributed by atoms with Crippen molar-refractivity contribution >= 4 is 17.7 Å². The normalized spacial score (nSPS) is 28.2. The molecule has 1 aromatic carbocycles. The van der Waals surface area contributed by atoms with Gasteiger partial charge >= 0.3 is 12.0 Å². The number of carbonyl (C=O) groups is 2. The van der Waals surface area contributed by atoms with Crippen LogP contribution < -0.4 is 10.6 Å². The minimum atomic E-state index is -2.57. The molecule has 0 unspecified atom stereocenters. The van der Waals surface area contributed by atoms with Gasteiger partial charge < -0.3 is 40.9 Å². The zero-order valence-corrected chi connectivity index (χ0v) is 13.3. The quantitative estimate of drug-likeness (QED) is 0.320. The Morgan fingerprint density at radius 3 is 2.36 bits per heavy atom. The highest BCUT2D eigenvalue weighted by molar-refractivity contribution is 5.90. The molecule has 10 nitrogen and oxygen atoms in total. The van der Waals surface area contributed by atoms with Gasteiger partial charge in [0, 0.05) is 5.69 Å². The minimum Gasteiger partial charge on any atom is -0.481 e. The lowest BCUT2D eigenvalue weighted by molar-refractivity contribution is -0.188. The van der Waals surface area contributed by atoms with Gasteiger partial charge in [-0.15, -0.1) is 0 Å². The fourth-order valence-electron chi connectivity index (χ4n) is 2.56. The molecule has 0 saturated carbocycles. The van der Waals surface area contributed by atoms with Crippen LogP contribution in [-0.2, 0) is 9.53 Å². The van der Waals surface area contributed by atoms with Gasteiger partial charge in [-0.05, 0) is 18.6 Å². The van der Waals surface area contributed by atoms with Crippen LogP contribution in [0, 0.1) is 6.92 Å². The smallest absolute Gasteiger partial charge is 0.321 e. The predicted molar refractivity (Wildman–Crippen MR) is 83.4 cm³/mol. The molecule has 7 N–H and O–H groups in total. The molecule has 2 rings (SSSR count). The molecular weight excluding hydrogens is 336 g/mol. The molecule has 1 aliphatic rings. The molecule has 0 radical (unpaired) electrons. The summed E-state index contributed by atoms with van der Waals surface area (Å²) in [6.45, 7) is 1.73. The molecule has 1 saturated heterocycles. The topological polar surface area (TPSA) is 169 Å². The lowest BCUT2D eigenvalue weighted by Gasteiger charge is -2.34. The summed E-state index contributed by atoms with van der Waals surface area (Å²) < 4.78 is 4.83. The van der Waals surface area contributed by atoms with Gasteiger partial charge in [-0.25, -0.2) is 4.79 Å². The van der Waals surface area contributed by atoms with Crippen molar-refractivity contribution in [1.82, 2.24) is 5.32 Å². The van der Waals surface area contributed by atoms with E-state index in [1.165, 1.54) is 0 Å². The lowest BCUT2D eigenvalue weighted by atomic mass is 9.96. The van der Waals surface area contributed by atoms with Crippen molar-refractivity contribution in [1.29, 1.82) is 0 Å². The number of anilines is 1. The number of aliphatic hydroxyl groups excluding tert-OH is 3. The minimum absolute atomic E-state index is 0.422. The second-order valence-electron chi connectivity index (χ2n) is 5.82. The van der Waals surface area contributed by atoms with Gasteiger partial charge in [-0.2, -0.15) is 0 Å². The Morgan fingerprint density at radius 1 is 1.20 bits per heavy atom. The number of hydrogen-bond donors (Lipinski definition) is 7. The van der Waals surface area contributed by atoms with Crippen LogP contribution in [0.3, 0.4) is 0 Å². The number of para-hydroxylation sites is 1. The van der Waals surface area contributed by atoms with Crippen molar-refractivity contribution in [2.75, 3.05) is 5.32 Å². The number of nitrogens with one attached hydrogen (secondary N) is 2. The Bertz CT molecular complexity index is 654. The van der Waals surface area contributed by atoms with Crippen molar-refractivity contribution < 1.29 is 39.9 Å². The highest BCUT2D eigenvalue weighted by atomic mass is 16.7. The first kappa shape index (κ1) is 19.1. The van der Waals surface area contributed by atoms with E-state index in [1.54, 1.807) is 31.2 Å². The maximum atomic E-state index is 12.2. The zero-order chi connectivity index (χ0) is 18.8. The molecule has 1 aromatic rings. The van der Waals surface area contributed by atoms with Crippen LogP contribution >= 0.6 is 0 Å². The van der Waals surface area contributed by atoms with Crippen molar-refractivity contribution in [2.45, 2.75) is 43.7 Å². The second kappa shape index (κ2) is 7.33. The SMILES string of the molecule is Cc1ccccc1NC(=O)N[C@@](O)(CC(=O)O)[C@H]1O[C@H](O)[C@@H](O)[C@H]1O. The average Bonchev–Trinajstić information content (AvgIpc) is 2.77. The molecule has 1 heterocycles. The number of rotatable bonds is 5. The van der Waals surface area contributed by atoms with Gasteiger partial charge in [0.05, 0.1) is 6.42 Å². The number of urea groups is 1. The van der Waals surface area contributed by atoms with Crippen LogP contribution in [0.25, 0.3) is 0 Å². The number of ether oxygens (including phenoxy) is 1. The Kier molecular flexibility index (Phi) is 5.60. The highest BCUT2D eigenvalue weighted by Gasteiger charge is 2.54. The van der Waals surface area contributed by atoms with E-state index >= 15 is 0 Å². The van der Waals surface area contributed by atoms with E-state index in [-0.39, 0.29) is 0 Å². The summed E-state index contributed by atoms with van der Waals surface area (Å²) in [6.07, 6.45) is -8.18. The van der Waals surface area contributed by atoms with Gasteiger partial charge in [0.25, 0.3) is 0 Å². The zero-order valence-electron chi connectivity index (χ0n) is 13.3. The number of carboxylic acids is 1. The summed E-state index contributed by atoms with van der Waals surface area (Å²) in [7, 11) is 0. The number of hydrogen-bond acceptors (Lipinski definition) is 7. The Balaban J connectivity index is 2.18. The summed E-state index contributed by atoms with van der Waals surface area (Å²) in [6, 6.07) is 5.80. The standard InChI is InChI=1S/C15H20N2O8/c1-7-4-2-3-5-8(7)16-14(23)17-15(24,6-9(18)19)12-10(20)11(21)13(22)25-12/h2-5,10-13,20-22,24H,6H2,1H3,(H,18,19)(H2,16,17,23)/t10-,11+,12+,13+,15-/m1/s1. The Labute approximate surface area is 142 Å². The Morgan fingerprint density at radius 2 is 1.84 bits per heavy atom. The van der Waals surface area contributed by atoms with Crippen LogP contribution in [0.5, 0.6) is 0 Å². The van der Waals surface area contributed by atoms with Gasteiger partial charge in [0.15, 0.2) is 12.0 Å². The molecule has 0 bridgehead atoms. The second-order valence-corrected chi connectivity index (χ2v) is 5.82. The third-order valence-electron chi connectivity index (χ3n) is 3.85. The third kappa shape index (κ3) is 4.24. The molecule has 138 valence electrons. The Hall–Kier alpha value is -2.24. The van der Waals surface area contributed by atoms with Crippen LogP contribution in [0.1, 0.15) is 12.0 Å². The van der Waals surface area contributed by atoms with Crippen molar-refractivity contribution in [3.63, 3.8) is 0 Å². The first-order valence-electron chi connectivity index (χ1n) is 7.42.